The number of hydrogen-bond donors (Lipinski definition) is 3. The van der Waals surface area contributed by atoms with Gasteiger partial charge in [-0.15, -0.1) is 0 Å². The largest absolute Gasteiger partial charge is 0.433 e. The van der Waals surface area contributed by atoms with E-state index < -0.39 is 29.8 Å². The van der Waals surface area contributed by atoms with E-state index in [0.29, 0.717) is 44.1 Å². The highest BCUT2D eigenvalue weighted by Crippen LogP contribution is 2.36. The molecule has 5 rings (SSSR count). The molecule has 8 nitrogen and oxygen atoms in total. The van der Waals surface area contributed by atoms with Crippen molar-refractivity contribution in [2.24, 2.45) is 0 Å². The van der Waals surface area contributed by atoms with Gasteiger partial charge in [0.25, 0.3) is 0 Å². The van der Waals surface area contributed by atoms with Crippen molar-refractivity contribution in [1.29, 1.82) is 0 Å². The lowest BCUT2D eigenvalue weighted by Crippen LogP contribution is -2.64. The van der Waals surface area contributed by atoms with Crippen LogP contribution in [0.2, 0.25) is 0 Å². The SMILES string of the molecule is FC(F)(F)c1ccc(NC2NC(N3CCOCC3)NC3=C2CCN(c2ncccc2C(F)(F)F)C=C3)cn1. The molecule has 0 amide bonds. The molecule has 3 aliphatic rings. The van der Waals surface area contributed by atoms with Crippen molar-refractivity contribution in [2.75, 3.05) is 43.1 Å². The molecular formula is C24H25F6N7O. The molecule has 2 unspecified atom stereocenters. The molecule has 204 valence electrons. The average Bonchev–Trinajstić information content (AvgIpc) is 3.11. The van der Waals surface area contributed by atoms with Gasteiger partial charge in [0.05, 0.1) is 30.7 Å². The van der Waals surface area contributed by atoms with Crippen molar-refractivity contribution in [1.82, 2.24) is 25.5 Å². The summed E-state index contributed by atoms with van der Waals surface area (Å²) in [5.41, 5.74) is 0.0185. The summed E-state index contributed by atoms with van der Waals surface area (Å²) in [6.07, 6.45) is -3.99. The van der Waals surface area contributed by atoms with Gasteiger partial charge in [-0.25, -0.2) is 9.97 Å². The summed E-state index contributed by atoms with van der Waals surface area (Å²) in [5.74, 6) is -0.203. The van der Waals surface area contributed by atoms with Gasteiger partial charge >= 0.3 is 12.4 Å². The first kappa shape index (κ1) is 26.3. The van der Waals surface area contributed by atoms with Crippen LogP contribution in [0.25, 0.3) is 0 Å². The van der Waals surface area contributed by atoms with Crippen molar-refractivity contribution in [2.45, 2.75) is 31.2 Å². The smallest absolute Gasteiger partial charge is 0.379 e. The number of halogens is 6. The van der Waals surface area contributed by atoms with E-state index in [1.807, 2.05) is 0 Å². The van der Waals surface area contributed by atoms with Crippen LogP contribution >= 0.6 is 0 Å². The monoisotopic (exact) mass is 541 g/mol. The maximum atomic E-state index is 13.6. The lowest BCUT2D eigenvalue weighted by atomic mass is 10.0. The number of rotatable bonds is 4. The molecule has 1 saturated heterocycles. The first-order valence-corrected chi connectivity index (χ1v) is 11.9. The van der Waals surface area contributed by atoms with Crippen LogP contribution in [0.3, 0.4) is 0 Å². The summed E-state index contributed by atoms with van der Waals surface area (Å²) in [6.45, 7) is 2.55. The topological polar surface area (TPSA) is 77.6 Å². The lowest BCUT2D eigenvalue weighted by Gasteiger charge is -2.42. The molecule has 2 aromatic heterocycles. The summed E-state index contributed by atoms with van der Waals surface area (Å²) in [4.78, 5) is 11.1. The molecule has 5 heterocycles. The van der Waals surface area contributed by atoms with Crippen molar-refractivity contribution in [3.05, 3.63) is 71.5 Å². The number of hydrogen-bond acceptors (Lipinski definition) is 8. The molecular weight excluding hydrogens is 516 g/mol. The quantitative estimate of drug-likeness (QED) is 0.506. The highest BCUT2D eigenvalue weighted by Gasteiger charge is 2.37. The summed E-state index contributed by atoms with van der Waals surface area (Å²) in [7, 11) is 0. The molecule has 0 spiro atoms. The fourth-order valence-corrected chi connectivity index (χ4v) is 4.61. The lowest BCUT2D eigenvalue weighted by molar-refractivity contribution is -0.141. The van der Waals surface area contributed by atoms with E-state index in [4.69, 9.17) is 4.74 Å². The van der Waals surface area contributed by atoms with Crippen LogP contribution in [0.4, 0.5) is 37.8 Å². The minimum atomic E-state index is -4.57. The van der Waals surface area contributed by atoms with E-state index >= 15 is 0 Å². The van der Waals surface area contributed by atoms with Gasteiger partial charge < -0.3 is 20.3 Å². The Morgan fingerprint density at radius 3 is 2.45 bits per heavy atom. The van der Waals surface area contributed by atoms with Crippen molar-refractivity contribution in [3.8, 4) is 0 Å². The van der Waals surface area contributed by atoms with E-state index in [1.165, 1.54) is 23.2 Å². The Morgan fingerprint density at radius 2 is 1.76 bits per heavy atom. The van der Waals surface area contributed by atoms with Gasteiger partial charge in [-0.3, -0.25) is 10.2 Å². The van der Waals surface area contributed by atoms with Crippen LogP contribution in [0.1, 0.15) is 17.7 Å². The van der Waals surface area contributed by atoms with Gasteiger partial charge in [0.1, 0.15) is 24.0 Å². The Hall–Kier alpha value is -3.36. The van der Waals surface area contributed by atoms with E-state index in [9.17, 15) is 26.3 Å². The molecule has 3 aliphatic heterocycles. The van der Waals surface area contributed by atoms with Gasteiger partial charge in [-0.2, -0.15) is 26.3 Å². The van der Waals surface area contributed by atoms with Crippen LogP contribution in [0, 0.1) is 0 Å². The number of aromatic nitrogens is 2. The third kappa shape index (κ3) is 5.71. The van der Waals surface area contributed by atoms with Crippen molar-refractivity contribution < 1.29 is 31.1 Å². The third-order valence-electron chi connectivity index (χ3n) is 6.49. The second kappa shape index (κ2) is 10.4. The summed E-state index contributed by atoms with van der Waals surface area (Å²) in [5, 5.41) is 10.0. The van der Waals surface area contributed by atoms with E-state index in [1.54, 1.807) is 12.3 Å². The Morgan fingerprint density at radius 1 is 0.974 bits per heavy atom. The van der Waals surface area contributed by atoms with E-state index in [-0.39, 0.29) is 18.7 Å². The zero-order chi connectivity index (χ0) is 26.9. The van der Waals surface area contributed by atoms with Crippen molar-refractivity contribution in [3.63, 3.8) is 0 Å². The molecule has 2 atom stereocenters. The molecule has 2 aromatic rings. The van der Waals surface area contributed by atoms with Crippen LogP contribution in [-0.4, -0.2) is 60.2 Å². The van der Waals surface area contributed by atoms with Crippen LogP contribution in [-0.2, 0) is 17.1 Å². The number of allylic oxidation sites excluding steroid dienone is 1. The second-order valence-electron chi connectivity index (χ2n) is 8.94. The minimum absolute atomic E-state index is 0.199. The molecule has 0 aromatic carbocycles. The summed E-state index contributed by atoms with van der Waals surface area (Å²) in [6, 6.07) is 4.43. The molecule has 0 saturated carbocycles. The van der Waals surface area contributed by atoms with Gasteiger partial charge in [0.15, 0.2) is 0 Å². The second-order valence-corrected chi connectivity index (χ2v) is 8.94. The summed E-state index contributed by atoms with van der Waals surface area (Å²) < 4.78 is 85.2. The molecule has 14 heteroatoms. The predicted octanol–water partition coefficient (Wildman–Crippen LogP) is 3.74. The van der Waals surface area contributed by atoms with Crippen LogP contribution in [0.15, 0.2) is 60.2 Å². The number of alkyl halides is 6. The Bertz CT molecular complexity index is 1190. The number of pyridine rings is 2. The Labute approximate surface area is 214 Å². The number of anilines is 2. The Balaban J connectivity index is 1.42. The maximum Gasteiger partial charge on any atom is 0.433 e. The molecule has 0 radical (unpaired) electrons. The van der Waals surface area contributed by atoms with Crippen LogP contribution in [0.5, 0.6) is 0 Å². The predicted molar refractivity (Wildman–Crippen MR) is 126 cm³/mol. The first-order chi connectivity index (χ1) is 18.1. The van der Waals surface area contributed by atoms with Gasteiger partial charge in [-0.1, -0.05) is 0 Å². The standard InChI is InChI=1S/C24H25F6N7O/c25-23(26,27)17-2-1-7-31-21(17)36-8-5-16-18(6-9-36)34-22(37-10-12-38-13-11-37)35-20(16)33-15-3-4-19(32-14-15)24(28,29)30/h1-4,6-7,9,14,20,22,33-35H,5,8,10-13H2. The molecule has 38 heavy (non-hydrogen) atoms. The highest BCUT2D eigenvalue weighted by atomic mass is 19.4. The number of morpholine rings is 1. The third-order valence-corrected chi connectivity index (χ3v) is 6.49. The minimum Gasteiger partial charge on any atom is -0.379 e. The number of ether oxygens (including phenoxy) is 1. The fourth-order valence-electron chi connectivity index (χ4n) is 4.61. The van der Waals surface area contributed by atoms with E-state index in [2.05, 4.69) is 30.8 Å². The number of nitrogens with one attached hydrogen (secondary N) is 3. The van der Waals surface area contributed by atoms with E-state index in [0.717, 1.165) is 23.9 Å². The molecule has 1 fully saturated rings. The van der Waals surface area contributed by atoms with Gasteiger partial charge in [0.2, 0.25) is 0 Å². The van der Waals surface area contributed by atoms with Crippen LogP contribution < -0.4 is 20.9 Å². The van der Waals surface area contributed by atoms with Crippen molar-refractivity contribution >= 4 is 11.5 Å². The molecule has 3 N–H and O–H groups in total. The molecule has 0 bridgehead atoms. The Kier molecular flexibility index (Phi) is 7.20. The first-order valence-electron chi connectivity index (χ1n) is 11.9. The highest BCUT2D eigenvalue weighted by molar-refractivity contribution is 5.54. The normalized spacial score (nSPS) is 23.1. The maximum absolute atomic E-state index is 13.6. The average molecular weight is 542 g/mol. The molecule has 0 aliphatic carbocycles. The number of nitrogens with zero attached hydrogens (tertiary/aromatic N) is 4. The fraction of sp³-hybridized carbons (Fsp3) is 0.417. The summed E-state index contributed by atoms with van der Waals surface area (Å²) >= 11 is 0. The zero-order valence-electron chi connectivity index (χ0n) is 20.0. The zero-order valence-corrected chi connectivity index (χ0v) is 20.0. The van der Waals surface area contributed by atoms with Gasteiger partial charge in [-0.05, 0) is 42.3 Å². The van der Waals surface area contributed by atoms with Gasteiger partial charge in [0, 0.05) is 37.7 Å².